The Morgan fingerprint density at radius 1 is 1.56 bits per heavy atom. The van der Waals surface area contributed by atoms with Gasteiger partial charge in [-0.1, -0.05) is 26.7 Å². The van der Waals surface area contributed by atoms with E-state index in [4.69, 9.17) is 0 Å². The lowest BCUT2D eigenvalue weighted by atomic mass is 9.98. The maximum atomic E-state index is 11.9. The van der Waals surface area contributed by atoms with Gasteiger partial charge in [-0.25, -0.2) is 0 Å². The quantitative estimate of drug-likeness (QED) is 0.805. The number of hydrogen-bond acceptors (Lipinski definition) is 2. The number of anilines is 1. The molecule has 1 amide bonds. The molecule has 0 spiro atoms. The second kappa shape index (κ2) is 6.30. The van der Waals surface area contributed by atoms with Gasteiger partial charge in [-0.15, -0.1) is 0 Å². The molecule has 0 saturated carbocycles. The summed E-state index contributed by atoms with van der Waals surface area (Å²) in [4.78, 5) is 11.9. The molecule has 0 saturated heterocycles. The first-order chi connectivity index (χ1) is 7.67. The van der Waals surface area contributed by atoms with Gasteiger partial charge < -0.3 is 5.32 Å². The highest BCUT2D eigenvalue weighted by atomic mass is 16.1. The van der Waals surface area contributed by atoms with Crippen molar-refractivity contribution in [3.63, 3.8) is 0 Å². The number of aryl methyl sites for hydroxylation is 1. The van der Waals surface area contributed by atoms with Crippen LogP contribution in [0.1, 0.15) is 39.5 Å². The Kier molecular flexibility index (Phi) is 5.02. The average molecular weight is 223 g/mol. The average Bonchev–Trinajstić information content (AvgIpc) is 2.65. The molecule has 0 radical (unpaired) electrons. The zero-order chi connectivity index (χ0) is 12.0. The van der Waals surface area contributed by atoms with Crippen molar-refractivity contribution in [2.75, 3.05) is 5.32 Å². The van der Waals surface area contributed by atoms with Gasteiger partial charge in [0.25, 0.3) is 0 Å². The van der Waals surface area contributed by atoms with Gasteiger partial charge in [-0.2, -0.15) is 5.10 Å². The van der Waals surface area contributed by atoms with Crippen LogP contribution in [0.4, 0.5) is 5.82 Å². The van der Waals surface area contributed by atoms with E-state index in [0.29, 0.717) is 5.82 Å². The van der Waals surface area contributed by atoms with E-state index >= 15 is 0 Å². The summed E-state index contributed by atoms with van der Waals surface area (Å²) in [5.41, 5.74) is 0. The highest BCUT2D eigenvalue weighted by molar-refractivity contribution is 5.91. The molecule has 4 heteroatoms. The van der Waals surface area contributed by atoms with Crippen LogP contribution in [0.5, 0.6) is 0 Å². The molecule has 0 bridgehead atoms. The van der Waals surface area contributed by atoms with E-state index in [-0.39, 0.29) is 11.8 Å². The first-order valence-electron chi connectivity index (χ1n) is 5.97. The molecular formula is C12H21N3O. The van der Waals surface area contributed by atoms with Crippen molar-refractivity contribution in [3.05, 3.63) is 12.3 Å². The molecule has 0 aliphatic rings. The molecule has 0 aromatic carbocycles. The van der Waals surface area contributed by atoms with Crippen molar-refractivity contribution in [1.29, 1.82) is 0 Å². The smallest absolute Gasteiger partial charge is 0.228 e. The predicted octanol–water partition coefficient (Wildman–Crippen LogP) is 2.58. The minimum atomic E-state index is 0.0923. The summed E-state index contributed by atoms with van der Waals surface area (Å²) in [6, 6.07) is 1.81. The number of nitrogens with zero attached hydrogens (tertiary/aromatic N) is 2. The fraction of sp³-hybridized carbons (Fsp3) is 0.667. The molecule has 1 atom stereocenters. The molecule has 1 heterocycles. The molecular weight excluding hydrogens is 202 g/mol. The van der Waals surface area contributed by atoms with Gasteiger partial charge >= 0.3 is 0 Å². The van der Waals surface area contributed by atoms with Crippen LogP contribution in [0.25, 0.3) is 0 Å². The zero-order valence-corrected chi connectivity index (χ0v) is 10.4. The number of carbonyl (C=O) groups is 1. The number of nitrogens with one attached hydrogen (secondary N) is 1. The van der Waals surface area contributed by atoms with E-state index in [0.717, 1.165) is 25.7 Å². The molecule has 90 valence electrons. The summed E-state index contributed by atoms with van der Waals surface area (Å²) < 4.78 is 1.68. The Bertz CT molecular complexity index is 333. The Balaban J connectivity index is 2.49. The van der Waals surface area contributed by atoms with Gasteiger partial charge in [0.1, 0.15) is 0 Å². The highest BCUT2D eigenvalue weighted by Gasteiger charge is 2.16. The first kappa shape index (κ1) is 12.7. The summed E-state index contributed by atoms with van der Waals surface area (Å²) in [6.07, 6.45) is 5.91. The Morgan fingerprint density at radius 2 is 2.31 bits per heavy atom. The number of rotatable bonds is 6. The van der Waals surface area contributed by atoms with Crippen molar-refractivity contribution in [2.24, 2.45) is 13.0 Å². The number of amides is 1. The van der Waals surface area contributed by atoms with Crippen LogP contribution in [0.15, 0.2) is 12.3 Å². The Labute approximate surface area is 97.0 Å². The van der Waals surface area contributed by atoms with Crippen LogP contribution in [-0.4, -0.2) is 15.7 Å². The van der Waals surface area contributed by atoms with E-state index in [2.05, 4.69) is 24.3 Å². The maximum Gasteiger partial charge on any atom is 0.228 e. The second-order valence-corrected chi connectivity index (χ2v) is 4.11. The minimum Gasteiger partial charge on any atom is -0.309 e. The molecule has 16 heavy (non-hydrogen) atoms. The van der Waals surface area contributed by atoms with Crippen LogP contribution in [0.2, 0.25) is 0 Å². The zero-order valence-electron chi connectivity index (χ0n) is 10.4. The summed E-state index contributed by atoms with van der Waals surface area (Å²) in [5, 5.41) is 6.98. The Morgan fingerprint density at radius 3 is 2.81 bits per heavy atom. The topological polar surface area (TPSA) is 46.9 Å². The van der Waals surface area contributed by atoms with E-state index < -0.39 is 0 Å². The van der Waals surface area contributed by atoms with Crippen LogP contribution < -0.4 is 5.32 Å². The molecule has 0 aliphatic heterocycles. The van der Waals surface area contributed by atoms with E-state index in [1.54, 1.807) is 4.68 Å². The van der Waals surface area contributed by atoms with Crippen LogP contribution in [0, 0.1) is 5.92 Å². The largest absolute Gasteiger partial charge is 0.309 e. The lowest BCUT2D eigenvalue weighted by Crippen LogP contribution is -2.22. The number of aromatic nitrogens is 2. The Hall–Kier alpha value is -1.32. The summed E-state index contributed by atoms with van der Waals surface area (Å²) in [7, 11) is 1.84. The first-order valence-corrected chi connectivity index (χ1v) is 5.97. The summed E-state index contributed by atoms with van der Waals surface area (Å²) >= 11 is 0. The van der Waals surface area contributed by atoms with Gasteiger partial charge in [-0.05, 0) is 12.8 Å². The van der Waals surface area contributed by atoms with Crippen LogP contribution in [-0.2, 0) is 11.8 Å². The SMILES string of the molecule is CCCCC(CC)C(=O)Nc1ccn(C)n1. The lowest BCUT2D eigenvalue weighted by molar-refractivity contribution is -0.120. The molecule has 1 aromatic rings. The third-order valence-electron chi connectivity index (χ3n) is 2.73. The lowest BCUT2D eigenvalue weighted by Gasteiger charge is -2.12. The van der Waals surface area contributed by atoms with Crippen molar-refractivity contribution in [1.82, 2.24) is 9.78 Å². The monoisotopic (exact) mass is 223 g/mol. The maximum absolute atomic E-state index is 11.9. The minimum absolute atomic E-state index is 0.0923. The summed E-state index contributed by atoms with van der Waals surface area (Å²) in [5.74, 6) is 0.846. The fourth-order valence-electron chi connectivity index (χ4n) is 1.68. The van der Waals surface area contributed by atoms with Gasteiger partial charge in [0.05, 0.1) is 0 Å². The summed E-state index contributed by atoms with van der Waals surface area (Å²) in [6.45, 7) is 4.20. The van der Waals surface area contributed by atoms with E-state index in [1.165, 1.54) is 0 Å². The van der Waals surface area contributed by atoms with Crippen molar-refractivity contribution in [2.45, 2.75) is 39.5 Å². The normalized spacial score (nSPS) is 12.4. The molecule has 1 rings (SSSR count). The van der Waals surface area contributed by atoms with Crippen molar-refractivity contribution in [3.8, 4) is 0 Å². The molecule has 1 unspecified atom stereocenters. The number of carbonyl (C=O) groups excluding carboxylic acids is 1. The highest BCUT2D eigenvalue weighted by Crippen LogP contribution is 2.15. The fourth-order valence-corrected chi connectivity index (χ4v) is 1.68. The molecule has 0 fully saturated rings. The number of unbranched alkanes of at least 4 members (excludes halogenated alkanes) is 1. The van der Waals surface area contributed by atoms with Gasteiger partial charge in [0.2, 0.25) is 5.91 Å². The van der Waals surface area contributed by atoms with Crippen LogP contribution >= 0.6 is 0 Å². The molecule has 1 N–H and O–H groups in total. The van der Waals surface area contributed by atoms with Gasteiger partial charge in [-0.3, -0.25) is 9.48 Å². The standard InChI is InChI=1S/C12H21N3O/c1-4-6-7-10(5-2)12(16)13-11-8-9-15(3)14-11/h8-10H,4-7H2,1-3H3,(H,13,14,16). The third kappa shape index (κ3) is 3.68. The predicted molar refractivity (Wildman–Crippen MR) is 65.1 cm³/mol. The van der Waals surface area contributed by atoms with Crippen LogP contribution in [0.3, 0.4) is 0 Å². The van der Waals surface area contributed by atoms with Gasteiger partial charge in [0, 0.05) is 25.2 Å². The molecule has 4 nitrogen and oxygen atoms in total. The van der Waals surface area contributed by atoms with Crippen molar-refractivity contribution < 1.29 is 4.79 Å². The molecule has 0 aliphatic carbocycles. The number of hydrogen-bond donors (Lipinski definition) is 1. The van der Waals surface area contributed by atoms with Crippen molar-refractivity contribution >= 4 is 11.7 Å². The molecule has 1 aromatic heterocycles. The van der Waals surface area contributed by atoms with E-state index in [9.17, 15) is 4.79 Å². The third-order valence-corrected chi connectivity index (χ3v) is 2.73. The second-order valence-electron chi connectivity index (χ2n) is 4.11. The van der Waals surface area contributed by atoms with E-state index in [1.807, 2.05) is 19.3 Å². The van der Waals surface area contributed by atoms with Gasteiger partial charge in [0.15, 0.2) is 5.82 Å².